The van der Waals surface area contributed by atoms with E-state index in [1.807, 2.05) is 0 Å². The van der Waals surface area contributed by atoms with Crippen molar-refractivity contribution in [1.82, 2.24) is 19.8 Å². The lowest BCUT2D eigenvalue weighted by Gasteiger charge is -2.30. The van der Waals surface area contributed by atoms with E-state index >= 15 is 0 Å². The van der Waals surface area contributed by atoms with Gasteiger partial charge in [0.25, 0.3) is 5.56 Å². The Labute approximate surface area is 151 Å². The molecule has 0 bridgehead atoms. The lowest BCUT2D eigenvalue weighted by atomic mass is 9.99. The van der Waals surface area contributed by atoms with E-state index < -0.39 is 10.0 Å². The second-order valence-corrected chi connectivity index (χ2v) is 9.42. The Kier molecular flexibility index (Phi) is 5.67. The summed E-state index contributed by atoms with van der Waals surface area (Å²) in [5, 5.41) is 6.27. The molecule has 1 aliphatic rings. The van der Waals surface area contributed by atoms with Gasteiger partial charge in [0, 0.05) is 19.2 Å². The highest BCUT2D eigenvalue weighted by molar-refractivity contribution is 7.91. The van der Waals surface area contributed by atoms with Crippen molar-refractivity contribution in [2.24, 2.45) is 5.92 Å². The molecule has 0 amide bonds. The molecule has 0 aliphatic carbocycles. The normalized spacial score (nSPS) is 17.0. The Balaban J connectivity index is 1.59. The van der Waals surface area contributed by atoms with E-state index in [1.165, 1.54) is 18.9 Å². The van der Waals surface area contributed by atoms with E-state index in [1.54, 1.807) is 18.2 Å². The summed E-state index contributed by atoms with van der Waals surface area (Å²) in [6.07, 6.45) is 2.35. The second-order valence-electron chi connectivity index (χ2n) is 6.35. The number of nitrogens with one attached hydrogen (secondary N) is 2. The number of nitrogens with zero attached hydrogens (tertiary/aromatic N) is 2. The second kappa shape index (κ2) is 7.77. The first kappa shape index (κ1) is 18.2. The van der Waals surface area contributed by atoms with E-state index in [0.717, 1.165) is 36.9 Å². The van der Waals surface area contributed by atoms with E-state index in [0.29, 0.717) is 17.1 Å². The van der Waals surface area contributed by atoms with Crippen LogP contribution >= 0.6 is 11.3 Å². The third kappa shape index (κ3) is 4.75. The quantitative estimate of drug-likeness (QED) is 0.790. The van der Waals surface area contributed by atoms with Crippen LogP contribution in [0.15, 0.2) is 33.3 Å². The van der Waals surface area contributed by atoms with Gasteiger partial charge in [0.1, 0.15) is 9.90 Å². The van der Waals surface area contributed by atoms with Crippen LogP contribution in [0.5, 0.6) is 0 Å². The average Bonchev–Trinajstić information content (AvgIpc) is 3.08. The minimum absolute atomic E-state index is 0.253. The van der Waals surface area contributed by atoms with Crippen LogP contribution in [0, 0.1) is 5.92 Å². The molecule has 3 rings (SSSR count). The van der Waals surface area contributed by atoms with Gasteiger partial charge in [-0.15, -0.1) is 11.3 Å². The standard InChI is InChI=1S/C16H22N4O3S2/c1-12-6-9-20(10-7-12)11-8-17-25(22,23)16-5-3-14(24-16)13-2-4-15(21)19-18-13/h2-5,12,17H,6-11H2,1H3,(H,19,21). The summed E-state index contributed by atoms with van der Waals surface area (Å²) in [5.41, 5.74) is 0.260. The molecule has 3 heterocycles. The van der Waals surface area contributed by atoms with E-state index in [-0.39, 0.29) is 9.77 Å². The van der Waals surface area contributed by atoms with Gasteiger partial charge in [-0.3, -0.25) is 4.79 Å². The third-order valence-electron chi connectivity index (χ3n) is 4.37. The first-order chi connectivity index (χ1) is 11.9. The topological polar surface area (TPSA) is 95.2 Å². The highest BCUT2D eigenvalue weighted by atomic mass is 32.2. The highest BCUT2D eigenvalue weighted by Crippen LogP contribution is 2.28. The van der Waals surface area contributed by atoms with Gasteiger partial charge in [-0.05, 0) is 50.0 Å². The molecule has 1 saturated heterocycles. The molecule has 2 aromatic rings. The van der Waals surface area contributed by atoms with Crippen LogP contribution < -0.4 is 10.3 Å². The van der Waals surface area contributed by atoms with E-state index in [2.05, 4.69) is 26.7 Å². The van der Waals surface area contributed by atoms with Gasteiger partial charge in [-0.1, -0.05) is 6.92 Å². The van der Waals surface area contributed by atoms with Crippen molar-refractivity contribution in [2.45, 2.75) is 24.0 Å². The van der Waals surface area contributed by atoms with Crippen molar-refractivity contribution in [3.05, 3.63) is 34.6 Å². The van der Waals surface area contributed by atoms with Crippen molar-refractivity contribution < 1.29 is 8.42 Å². The number of likely N-dealkylation sites (tertiary alicyclic amines) is 1. The molecule has 9 heteroatoms. The van der Waals surface area contributed by atoms with Gasteiger partial charge < -0.3 is 4.90 Å². The number of H-pyrrole nitrogens is 1. The van der Waals surface area contributed by atoms with Crippen LogP contribution in [-0.2, 0) is 10.0 Å². The molecule has 0 aromatic carbocycles. The summed E-state index contributed by atoms with van der Waals surface area (Å²) in [6, 6.07) is 6.21. The van der Waals surface area contributed by atoms with Gasteiger partial charge in [0.05, 0.1) is 4.88 Å². The Bertz CT molecular complexity index is 847. The zero-order chi connectivity index (χ0) is 17.9. The number of aromatic amines is 1. The van der Waals surface area contributed by atoms with Crippen LogP contribution in [-0.4, -0.2) is 49.7 Å². The first-order valence-corrected chi connectivity index (χ1v) is 10.6. The molecule has 7 nitrogen and oxygen atoms in total. The van der Waals surface area contributed by atoms with Gasteiger partial charge in [-0.25, -0.2) is 18.2 Å². The molecule has 0 atom stereocenters. The summed E-state index contributed by atoms with van der Waals surface area (Å²) in [6.45, 7) is 5.45. The zero-order valence-corrected chi connectivity index (χ0v) is 15.7. The number of piperidine rings is 1. The lowest BCUT2D eigenvalue weighted by Crippen LogP contribution is -2.39. The van der Waals surface area contributed by atoms with Gasteiger partial charge >= 0.3 is 0 Å². The minimum atomic E-state index is -3.53. The number of thiophene rings is 1. The molecular formula is C16H22N4O3S2. The van der Waals surface area contributed by atoms with Gasteiger partial charge in [0.15, 0.2) is 0 Å². The maximum atomic E-state index is 12.4. The van der Waals surface area contributed by atoms with E-state index in [9.17, 15) is 13.2 Å². The van der Waals surface area contributed by atoms with Crippen LogP contribution in [0.25, 0.3) is 10.6 Å². The number of sulfonamides is 1. The molecule has 136 valence electrons. The Hall–Kier alpha value is -1.55. The maximum Gasteiger partial charge on any atom is 0.264 e. The van der Waals surface area contributed by atoms with Gasteiger partial charge in [-0.2, -0.15) is 5.10 Å². The number of hydrogen-bond donors (Lipinski definition) is 2. The number of hydrogen-bond acceptors (Lipinski definition) is 6. The Morgan fingerprint density at radius 1 is 1.28 bits per heavy atom. The van der Waals surface area contributed by atoms with Crippen LogP contribution in [0.4, 0.5) is 0 Å². The fourth-order valence-corrected chi connectivity index (χ4v) is 5.12. The zero-order valence-electron chi connectivity index (χ0n) is 14.1. The largest absolute Gasteiger partial charge is 0.302 e. The van der Waals surface area contributed by atoms with Crippen molar-refractivity contribution in [3.63, 3.8) is 0 Å². The van der Waals surface area contributed by atoms with Crippen LogP contribution in [0.2, 0.25) is 0 Å². The lowest BCUT2D eigenvalue weighted by molar-refractivity contribution is 0.195. The summed E-state index contributed by atoms with van der Waals surface area (Å²) in [7, 11) is -3.53. The first-order valence-electron chi connectivity index (χ1n) is 8.32. The highest BCUT2D eigenvalue weighted by Gasteiger charge is 2.19. The molecule has 25 heavy (non-hydrogen) atoms. The van der Waals surface area contributed by atoms with Crippen LogP contribution in [0.1, 0.15) is 19.8 Å². The number of rotatable bonds is 6. The molecule has 1 aliphatic heterocycles. The fraction of sp³-hybridized carbons (Fsp3) is 0.500. The average molecular weight is 383 g/mol. The van der Waals surface area contributed by atoms with Crippen molar-refractivity contribution >= 4 is 21.4 Å². The maximum absolute atomic E-state index is 12.4. The smallest absolute Gasteiger partial charge is 0.264 e. The summed E-state index contributed by atoms with van der Waals surface area (Å²) in [5.74, 6) is 0.763. The van der Waals surface area contributed by atoms with Crippen molar-refractivity contribution in [2.75, 3.05) is 26.2 Å². The molecule has 2 aromatic heterocycles. The van der Waals surface area contributed by atoms with Crippen LogP contribution in [0.3, 0.4) is 0 Å². The van der Waals surface area contributed by atoms with Crippen molar-refractivity contribution in [3.8, 4) is 10.6 Å². The predicted molar refractivity (Wildman–Crippen MR) is 98.2 cm³/mol. The van der Waals surface area contributed by atoms with Crippen molar-refractivity contribution in [1.29, 1.82) is 0 Å². The SMILES string of the molecule is CC1CCN(CCNS(=O)(=O)c2ccc(-c3ccc(=O)[nH]n3)s2)CC1. The molecular weight excluding hydrogens is 360 g/mol. The Morgan fingerprint density at radius 2 is 2.04 bits per heavy atom. The summed E-state index contributed by atoms with van der Waals surface area (Å²) in [4.78, 5) is 14.1. The monoisotopic (exact) mass is 382 g/mol. The molecule has 0 radical (unpaired) electrons. The molecule has 1 fully saturated rings. The molecule has 2 N–H and O–H groups in total. The summed E-state index contributed by atoms with van der Waals surface area (Å²) < 4.78 is 27.8. The third-order valence-corrected chi connectivity index (χ3v) is 7.43. The number of aromatic nitrogens is 2. The fourth-order valence-electron chi connectivity index (χ4n) is 2.78. The molecule has 0 saturated carbocycles. The molecule has 0 spiro atoms. The summed E-state index contributed by atoms with van der Waals surface area (Å²) >= 11 is 1.14. The van der Waals surface area contributed by atoms with Gasteiger partial charge in [0.2, 0.25) is 10.0 Å². The molecule has 0 unspecified atom stereocenters. The Morgan fingerprint density at radius 3 is 2.72 bits per heavy atom. The van der Waals surface area contributed by atoms with E-state index in [4.69, 9.17) is 0 Å². The minimum Gasteiger partial charge on any atom is -0.302 e. The predicted octanol–water partition coefficient (Wildman–Crippen LogP) is 1.51.